The van der Waals surface area contributed by atoms with E-state index in [1.807, 2.05) is 6.07 Å². The molecule has 1 saturated heterocycles. The van der Waals surface area contributed by atoms with E-state index in [0.29, 0.717) is 11.8 Å². The molecule has 2 heterocycles. The van der Waals surface area contributed by atoms with Crippen LogP contribution in [0.3, 0.4) is 0 Å². The fourth-order valence-corrected chi connectivity index (χ4v) is 5.36. The van der Waals surface area contributed by atoms with Gasteiger partial charge in [-0.1, -0.05) is 48.9 Å². The monoisotopic (exact) mass is 335 g/mol. The molecule has 3 aliphatic rings. The number of likely N-dealkylation sites (tertiary alicyclic amines) is 1. The minimum Gasteiger partial charge on any atom is -0.504 e. The van der Waals surface area contributed by atoms with Gasteiger partial charge in [-0.3, -0.25) is 4.90 Å². The van der Waals surface area contributed by atoms with Crippen LogP contribution in [0, 0.1) is 0 Å². The van der Waals surface area contributed by atoms with Crippen LogP contribution in [-0.2, 0) is 11.8 Å². The number of fused-ring (bicyclic) bond motifs is 2. The average Bonchev–Trinajstić information content (AvgIpc) is 2.94. The zero-order valence-electron chi connectivity index (χ0n) is 14.5. The average molecular weight is 335 g/mol. The maximum absolute atomic E-state index is 10.3. The summed E-state index contributed by atoms with van der Waals surface area (Å²) in [7, 11) is 0. The molecule has 2 fully saturated rings. The van der Waals surface area contributed by atoms with Crippen LogP contribution in [0.25, 0.3) is 0 Å². The molecule has 0 amide bonds. The summed E-state index contributed by atoms with van der Waals surface area (Å²) in [6.07, 6.45) is 6.18. The lowest BCUT2D eigenvalue weighted by Crippen LogP contribution is -2.59. The number of benzene rings is 2. The normalized spacial score (nSPS) is 30.4. The third kappa shape index (κ3) is 2.36. The molecule has 0 aromatic heterocycles. The van der Waals surface area contributed by atoms with Crippen LogP contribution in [0.2, 0.25) is 0 Å². The van der Waals surface area contributed by atoms with Gasteiger partial charge in [0.05, 0.1) is 0 Å². The van der Waals surface area contributed by atoms with E-state index in [0.717, 1.165) is 25.3 Å². The quantitative estimate of drug-likeness (QED) is 0.923. The molecular weight excluding hydrogens is 310 g/mol. The summed E-state index contributed by atoms with van der Waals surface area (Å²) in [5, 5.41) is 10.3. The van der Waals surface area contributed by atoms with Crippen molar-refractivity contribution in [3.05, 3.63) is 59.7 Å². The largest absolute Gasteiger partial charge is 0.504 e. The summed E-state index contributed by atoms with van der Waals surface area (Å²) in [6.45, 7) is 2.07. The van der Waals surface area contributed by atoms with Crippen LogP contribution < -0.4 is 4.74 Å². The first-order valence-corrected chi connectivity index (χ1v) is 9.53. The number of nitrogens with zero attached hydrogens (tertiary/aromatic N) is 1. The molecule has 1 N–H and O–H groups in total. The molecule has 2 aromatic rings. The maximum atomic E-state index is 10.3. The lowest BCUT2D eigenvalue weighted by atomic mass is 9.63. The molecule has 3 heteroatoms. The van der Waals surface area contributed by atoms with Gasteiger partial charge in [0.15, 0.2) is 11.5 Å². The summed E-state index contributed by atoms with van der Waals surface area (Å²) in [6, 6.07) is 17.3. The lowest BCUT2D eigenvalue weighted by molar-refractivity contribution is -0.0213. The van der Waals surface area contributed by atoms with E-state index < -0.39 is 0 Å². The highest BCUT2D eigenvalue weighted by molar-refractivity contribution is 5.54. The predicted octanol–water partition coefficient (Wildman–Crippen LogP) is 3.89. The Morgan fingerprint density at radius 3 is 2.88 bits per heavy atom. The fourth-order valence-electron chi connectivity index (χ4n) is 5.36. The van der Waals surface area contributed by atoms with Crippen LogP contribution in [0.15, 0.2) is 48.5 Å². The molecule has 1 saturated carbocycles. The fraction of sp³-hybridized carbons (Fsp3) is 0.455. The Kier molecular flexibility index (Phi) is 3.53. The molecule has 1 unspecified atom stereocenters. The molecule has 5 rings (SSSR count). The van der Waals surface area contributed by atoms with Gasteiger partial charge in [-0.15, -0.1) is 0 Å². The van der Waals surface area contributed by atoms with E-state index in [2.05, 4.69) is 41.3 Å². The second kappa shape index (κ2) is 5.77. The van der Waals surface area contributed by atoms with Gasteiger partial charge >= 0.3 is 0 Å². The second-order valence-corrected chi connectivity index (χ2v) is 7.90. The van der Waals surface area contributed by atoms with Crippen molar-refractivity contribution in [3.63, 3.8) is 0 Å². The van der Waals surface area contributed by atoms with Gasteiger partial charge in [-0.05, 0) is 37.3 Å². The van der Waals surface area contributed by atoms with Crippen molar-refractivity contribution in [2.24, 2.45) is 0 Å². The van der Waals surface area contributed by atoms with Gasteiger partial charge in [0.1, 0.15) is 6.10 Å². The number of para-hydroxylation sites is 1. The van der Waals surface area contributed by atoms with Crippen LogP contribution in [0.1, 0.15) is 36.8 Å². The zero-order valence-corrected chi connectivity index (χ0v) is 14.5. The van der Waals surface area contributed by atoms with Crippen molar-refractivity contribution in [1.82, 2.24) is 4.90 Å². The summed E-state index contributed by atoms with van der Waals surface area (Å²) in [5.41, 5.74) is 2.79. The van der Waals surface area contributed by atoms with E-state index in [4.69, 9.17) is 4.74 Å². The van der Waals surface area contributed by atoms with E-state index >= 15 is 0 Å². The maximum Gasteiger partial charge on any atom is 0.165 e. The zero-order chi connectivity index (χ0) is 16.9. The number of rotatable bonds is 3. The summed E-state index contributed by atoms with van der Waals surface area (Å²) >= 11 is 0. The molecule has 3 atom stereocenters. The molecule has 2 bridgehead atoms. The van der Waals surface area contributed by atoms with Crippen LogP contribution in [0.4, 0.5) is 0 Å². The summed E-state index contributed by atoms with van der Waals surface area (Å²) in [4.78, 5) is 2.64. The Hall–Kier alpha value is -2.00. The van der Waals surface area contributed by atoms with Crippen molar-refractivity contribution in [2.45, 2.75) is 49.7 Å². The van der Waals surface area contributed by atoms with E-state index in [1.165, 1.54) is 36.8 Å². The van der Waals surface area contributed by atoms with Crippen molar-refractivity contribution in [3.8, 4) is 11.5 Å². The molecule has 2 aromatic carbocycles. The van der Waals surface area contributed by atoms with Gasteiger partial charge in [0.2, 0.25) is 0 Å². The standard InChI is InChI=1S/C22H25NO2/c24-19-10-4-9-18-21(19)25-20-15-23(13-11-16-6-2-1-3-7-16)17-8-5-12-22(18,20)14-17/h1-4,6-7,9-10,17,20,24H,5,8,11-15H2/t17?,20-,22+/m1/s1. The summed E-state index contributed by atoms with van der Waals surface area (Å²) in [5.74, 6) is 1.05. The Morgan fingerprint density at radius 1 is 1.12 bits per heavy atom. The third-order valence-corrected chi connectivity index (χ3v) is 6.61. The van der Waals surface area contributed by atoms with Crippen molar-refractivity contribution in [2.75, 3.05) is 13.1 Å². The van der Waals surface area contributed by atoms with Crippen molar-refractivity contribution >= 4 is 0 Å². The van der Waals surface area contributed by atoms with Crippen LogP contribution in [0.5, 0.6) is 11.5 Å². The summed E-state index contributed by atoms with van der Waals surface area (Å²) < 4.78 is 6.31. The Labute approximate surface area is 149 Å². The Balaban J connectivity index is 1.40. The van der Waals surface area contributed by atoms with Crippen molar-refractivity contribution < 1.29 is 9.84 Å². The van der Waals surface area contributed by atoms with E-state index in [1.54, 1.807) is 6.07 Å². The van der Waals surface area contributed by atoms with Gasteiger partial charge in [0.25, 0.3) is 0 Å². The third-order valence-electron chi connectivity index (χ3n) is 6.61. The first-order chi connectivity index (χ1) is 12.3. The minimum absolute atomic E-state index is 0.125. The molecule has 2 aliphatic heterocycles. The number of hydrogen-bond acceptors (Lipinski definition) is 3. The minimum atomic E-state index is 0.125. The highest BCUT2D eigenvalue weighted by Gasteiger charge is 2.56. The number of phenolic OH excluding ortho intramolecular Hbond substituents is 1. The number of ether oxygens (including phenoxy) is 1. The Morgan fingerprint density at radius 2 is 2.00 bits per heavy atom. The highest BCUT2D eigenvalue weighted by Crippen LogP contribution is 2.56. The number of hydrogen-bond donors (Lipinski definition) is 1. The lowest BCUT2D eigenvalue weighted by Gasteiger charge is -2.51. The molecule has 0 radical (unpaired) electrons. The predicted molar refractivity (Wildman–Crippen MR) is 98.2 cm³/mol. The molecular formula is C22H25NO2. The van der Waals surface area contributed by atoms with E-state index in [9.17, 15) is 5.11 Å². The molecule has 3 nitrogen and oxygen atoms in total. The topological polar surface area (TPSA) is 32.7 Å². The van der Waals surface area contributed by atoms with E-state index in [-0.39, 0.29) is 11.5 Å². The molecule has 25 heavy (non-hydrogen) atoms. The van der Waals surface area contributed by atoms with Gasteiger partial charge in [-0.2, -0.15) is 0 Å². The highest BCUT2D eigenvalue weighted by atomic mass is 16.5. The van der Waals surface area contributed by atoms with Gasteiger partial charge in [-0.25, -0.2) is 0 Å². The first-order valence-electron chi connectivity index (χ1n) is 9.53. The van der Waals surface area contributed by atoms with Crippen molar-refractivity contribution in [1.29, 1.82) is 0 Å². The van der Waals surface area contributed by atoms with Crippen LogP contribution >= 0.6 is 0 Å². The second-order valence-electron chi connectivity index (χ2n) is 7.90. The molecule has 1 aliphatic carbocycles. The van der Waals surface area contributed by atoms with Crippen LogP contribution in [-0.4, -0.2) is 35.2 Å². The first kappa shape index (κ1) is 15.3. The Bertz CT molecular complexity index is 775. The number of phenols is 1. The number of aromatic hydroxyl groups is 1. The molecule has 1 spiro atoms. The SMILES string of the molecule is Oc1cccc2c1O[C@@H]1CN(CCc3ccccc3)C3CCC[C@]21C3. The van der Waals surface area contributed by atoms with Gasteiger partial charge < -0.3 is 9.84 Å². The molecule has 130 valence electrons. The smallest absolute Gasteiger partial charge is 0.165 e. The number of piperidine rings is 1. The van der Waals surface area contributed by atoms with Gasteiger partial charge in [0, 0.05) is 30.1 Å².